The number of rotatable bonds is 1. The van der Waals surface area contributed by atoms with Crippen molar-refractivity contribution < 1.29 is 9.90 Å². The van der Waals surface area contributed by atoms with Crippen molar-refractivity contribution in [2.75, 3.05) is 24.5 Å². The molecule has 0 saturated carbocycles. The molecule has 2 aliphatic rings. The Morgan fingerprint density at radius 1 is 1.53 bits per heavy atom. The molecule has 102 valence electrons. The fourth-order valence-electron chi connectivity index (χ4n) is 3.13. The standard InChI is InChI=1S/C13H16ClN3O2/c1-8-4-10(5-15-12(8)14)16-6-9-2-3-17(13(18)19)11(9)7-16/h4-5,9,11H,2-3,6-7H2,1H3,(H,18,19)/t9-,11+/m1/s1. The molecule has 0 spiro atoms. The van der Waals surface area contributed by atoms with E-state index < -0.39 is 6.09 Å². The van der Waals surface area contributed by atoms with E-state index in [1.54, 1.807) is 11.1 Å². The fraction of sp³-hybridized carbons (Fsp3) is 0.538. The second-order valence-corrected chi connectivity index (χ2v) is 5.66. The highest BCUT2D eigenvalue weighted by molar-refractivity contribution is 6.30. The highest BCUT2D eigenvalue weighted by Gasteiger charge is 2.43. The van der Waals surface area contributed by atoms with Crippen LogP contribution in [0.2, 0.25) is 5.15 Å². The van der Waals surface area contributed by atoms with Crippen molar-refractivity contribution in [3.05, 3.63) is 23.0 Å². The molecule has 1 aromatic rings. The summed E-state index contributed by atoms with van der Waals surface area (Å²) in [6.45, 7) is 4.24. The predicted molar refractivity (Wildman–Crippen MR) is 72.8 cm³/mol. The first-order valence-electron chi connectivity index (χ1n) is 6.43. The summed E-state index contributed by atoms with van der Waals surface area (Å²) in [6, 6.07) is 2.13. The molecule has 5 nitrogen and oxygen atoms in total. The lowest BCUT2D eigenvalue weighted by Crippen LogP contribution is -2.38. The molecular weight excluding hydrogens is 266 g/mol. The molecule has 19 heavy (non-hydrogen) atoms. The smallest absolute Gasteiger partial charge is 0.407 e. The van der Waals surface area contributed by atoms with Crippen molar-refractivity contribution in [2.24, 2.45) is 5.92 Å². The molecule has 2 aliphatic heterocycles. The molecule has 0 unspecified atom stereocenters. The van der Waals surface area contributed by atoms with Crippen LogP contribution in [0.5, 0.6) is 0 Å². The summed E-state index contributed by atoms with van der Waals surface area (Å²) in [5, 5.41) is 9.70. The number of pyridine rings is 1. The van der Waals surface area contributed by atoms with Gasteiger partial charge in [-0.25, -0.2) is 9.78 Å². The predicted octanol–water partition coefficient (Wildman–Crippen LogP) is 2.23. The van der Waals surface area contributed by atoms with E-state index in [1.807, 2.05) is 13.0 Å². The summed E-state index contributed by atoms with van der Waals surface area (Å²) in [5.41, 5.74) is 1.98. The van der Waals surface area contributed by atoms with Gasteiger partial charge in [-0.1, -0.05) is 11.6 Å². The minimum absolute atomic E-state index is 0.119. The highest BCUT2D eigenvalue weighted by atomic mass is 35.5. The highest BCUT2D eigenvalue weighted by Crippen LogP contribution is 2.34. The van der Waals surface area contributed by atoms with Gasteiger partial charge in [0.05, 0.1) is 17.9 Å². The molecule has 1 amide bonds. The summed E-state index contributed by atoms with van der Waals surface area (Å²) >= 11 is 5.93. The molecule has 0 aliphatic carbocycles. The zero-order valence-electron chi connectivity index (χ0n) is 10.7. The van der Waals surface area contributed by atoms with Crippen molar-refractivity contribution in [3.8, 4) is 0 Å². The number of carbonyl (C=O) groups is 1. The van der Waals surface area contributed by atoms with E-state index in [-0.39, 0.29) is 6.04 Å². The molecule has 1 aromatic heterocycles. The number of aryl methyl sites for hydroxylation is 1. The summed E-state index contributed by atoms with van der Waals surface area (Å²) in [4.78, 5) is 19.1. The van der Waals surface area contributed by atoms with E-state index in [1.165, 1.54) is 0 Å². The lowest BCUT2D eigenvalue weighted by atomic mass is 10.1. The van der Waals surface area contributed by atoms with Crippen molar-refractivity contribution in [2.45, 2.75) is 19.4 Å². The molecule has 2 fully saturated rings. The van der Waals surface area contributed by atoms with E-state index in [4.69, 9.17) is 11.6 Å². The van der Waals surface area contributed by atoms with E-state index in [0.29, 0.717) is 17.6 Å². The number of nitrogens with zero attached hydrogens (tertiary/aromatic N) is 3. The van der Waals surface area contributed by atoms with Crippen LogP contribution in [0, 0.1) is 12.8 Å². The molecular formula is C13H16ClN3O2. The van der Waals surface area contributed by atoms with E-state index in [0.717, 1.165) is 30.8 Å². The first kappa shape index (κ1) is 12.5. The minimum atomic E-state index is -0.806. The number of halogens is 1. The summed E-state index contributed by atoms with van der Waals surface area (Å²) in [5.74, 6) is 0.437. The Morgan fingerprint density at radius 3 is 3.00 bits per heavy atom. The Bertz CT molecular complexity index is 523. The number of carboxylic acid groups (broad SMARTS) is 1. The normalized spacial score (nSPS) is 25.8. The second kappa shape index (κ2) is 4.56. The maximum absolute atomic E-state index is 11.2. The van der Waals surface area contributed by atoms with Gasteiger partial charge in [0.15, 0.2) is 0 Å². The third kappa shape index (κ3) is 2.12. The van der Waals surface area contributed by atoms with Crippen LogP contribution in [0.4, 0.5) is 10.5 Å². The molecule has 0 aromatic carbocycles. The van der Waals surface area contributed by atoms with Gasteiger partial charge in [0.2, 0.25) is 0 Å². The van der Waals surface area contributed by atoms with Gasteiger partial charge in [-0.3, -0.25) is 0 Å². The summed E-state index contributed by atoms with van der Waals surface area (Å²) < 4.78 is 0. The SMILES string of the molecule is Cc1cc(N2C[C@H]3CCN(C(=O)O)[C@H]3C2)cnc1Cl. The van der Waals surface area contributed by atoms with Gasteiger partial charge in [0.1, 0.15) is 5.15 Å². The Balaban J connectivity index is 1.79. The zero-order valence-corrected chi connectivity index (χ0v) is 11.5. The van der Waals surface area contributed by atoms with Crippen LogP contribution in [-0.2, 0) is 0 Å². The van der Waals surface area contributed by atoms with Crippen LogP contribution in [0.25, 0.3) is 0 Å². The minimum Gasteiger partial charge on any atom is -0.465 e. The van der Waals surface area contributed by atoms with Crippen molar-refractivity contribution in [1.29, 1.82) is 0 Å². The molecule has 3 heterocycles. The molecule has 1 N–H and O–H groups in total. The van der Waals surface area contributed by atoms with Crippen LogP contribution in [-0.4, -0.2) is 46.8 Å². The lowest BCUT2D eigenvalue weighted by Gasteiger charge is -2.23. The second-order valence-electron chi connectivity index (χ2n) is 5.30. The van der Waals surface area contributed by atoms with Crippen molar-refractivity contribution >= 4 is 23.4 Å². The number of hydrogen-bond acceptors (Lipinski definition) is 3. The van der Waals surface area contributed by atoms with E-state index >= 15 is 0 Å². The zero-order chi connectivity index (χ0) is 13.6. The third-order valence-corrected chi connectivity index (χ3v) is 4.55. The third-order valence-electron chi connectivity index (χ3n) is 4.16. The monoisotopic (exact) mass is 281 g/mol. The van der Waals surface area contributed by atoms with E-state index in [2.05, 4.69) is 9.88 Å². The molecule has 2 saturated heterocycles. The fourth-order valence-corrected chi connectivity index (χ4v) is 3.23. The van der Waals surface area contributed by atoms with Crippen molar-refractivity contribution in [3.63, 3.8) is 0 Å². The Labute approximate surface area is 116 Å². The van der Waals surface area contributed by atoms with Gasteiger partial charge in [-0.05, 0) is 25.0 Å². The van der Waals surface area contributed by atoms with Gasteiger partial charge in [-0.2, -0.15) is 0 Å². The van der Waals surface area contributed by atoms with Crippen LogP contribution in [0.3, 0.4) is 0 Å². The first-order valence-corrected chi connectivity index (χ1v) is 6.80. The van der Waals surface area contributed by atoms with Gasteiger partial charge in [0.25, 0.3) is 0 Å². The number of fused-ring (bicyclic) bond motifs is 1. The number of hydrogen-bond donors (Lipinski definition) is 1. The topological polar surface area (TPSA) is 56.7 Å². The van der Waals surface area contributed by atoms with Gasteiger partial charge in [0, 0.05) is 25.6 Å². The number of aromatic nitrogens is 1. The largest absolute Gasteiger partial charge is 0.465 e. The number of amides is 1. The van der Waals surface area contributed by atoms with Crippen LogP contribution < -0.4 is 4.90 Å². The lowest BCUT2D eigenvalue weighted by molar-refractivity contribution is 0.140. The molecule has 0 radical (unpaired) electrons. The van der Waals surface area contributed by atoms with Crippen LogP contribution in [0.15, 0.2) is 12.3 Å². The number of anilines is 1. The van der Waals surface area contributed by atoms with Crippen molar-refractivity contribution in [1.82, 2.24) is 9.88 Å². The van der Waals surface area contributed by atoms with Crippen LogP contribution in [0.1, 0.15) is 12.0 Å². The molecule has 2 atom stereocenters. The van der Waals surface area contributed by atoms with Gasteiger partial charge >= 0.3 is 6.09 Å². The van der Waals surface area contributed by atoms with Crippen LogP contribution >= 0.6 is 11.6 Å². The first-order chi connectivity index (χ1) is 9.06. The quantitative estimate of drug-likeness (QED) is 0.802. The average Bonchev–Trinajstić information content (AvgIpc) is 2.91. The van der Waals surface area contributed by atoms with Gasteiger partial charge < -0.3 is 14.9 Å². The summed E-state index contributed by atoms with van der Waals surface area (Å²) in [6.07, 6.45) is 1.91. The van der Waals surface area contributed by atoms with Gasteiger partial charge in [-0.15, -0.1) is 0 Å². The average molecular weight is 282 g/mol. The Kier molecular flexibility index (Phi) is 3.01. The Hall–Kier alpha value is -1.49. The molecule has 3 rings (SSSR count). The number of likely N-dealkylation sites (tertiary alicyclic amines) is 1. The molecule has 0 bridgehead atoms. The maximum Gasteiger partial charge on any atom is 0.407 e. The van der Waals surface area contributed by atoms with E-state index in [9.17, 15) is 9.90 Å². The maximum atomic E-state index is 11.2. The summed E-state index contributed by atoms with van der Waals surface area (Å²) in [7, 11) is 0. The molecule has 6 heteroatoms. The Morgan fingerprint density at radius 2 is 2.32 bits per heavy atom.